The van der Waals surface area contributed by atoms with Gasteiger partial charge in [-0.3, -0.25) is 0 Å². The molecule has 0 heterocycles. The van der Waals surface area contributed by atoms with Crippen molar-refractivity contribution in [3.63, 3.8) is 0 Å². The third-order valence-electron chi connectivity index (χ3n) is 4.23. The van der Waals surface area contributed by atoms with Crippen LogP contribution in [0.3, 0.4) is 0 Å². The Morgan fingerprint density at radius 1 is 0.565 bits per heavy atom. The fourth-order valence-corrected chi connectivity index (χ4v) is 5.02. The Kier molecular flexibility index (Phi) is 3.86. The van der Waals surface area contributed by atoms with E-state index >= 15 is 0 Å². The number of benzene rings is 4. The van der Waals surface area contributed by atoms with Crippen LogP contribution < -0.4 is 5.19 Å². The number of hydrogen-bond acceptors (Lipinski definition) is 0. The Hall–Kier alpha value is -1.80. The highest BCUT2D eigenvalue weighted by Gasteiger charge is 2.14. The average Bonchev–Trinajstić information content (AvgIpc) is 2.59. The first-order valence-electron chi connectivity index (χ1n) is 7.53. The Balaban J connectivity index is 2.06. The van der Waals surface area contributed by atoms with E-state index in [0.717, 1.165) is 10.8 Å². The maximum Gasteiger partial charge on any atom is 0.267 e. The summed E-state index contributed by atoms with van der Waals surface area (Å²) >= 11 is 12.6. The molecule has 0 atom stereocenters. The smallest absolute Gasteiger partial charge is 0.144 e. The molecule has 4 aromatic carbocycles. The van der Waals surface area contributed by atoms with E-state index in [1.807, 2.05) is 18.2 Å². The van der Waals surface area contributed by atoms with Crippen LogP contribution in [0.2, 0.25) is 0 Å². The van der Waals surface area contributed by atoms with Gasteiger partial charge >= 0.3 is 0 Å². The average molecular weight is 353 g/mol. The van der Waals surface area contributed by atoms with Gasteiger partial charge in [-0.2, -0.15) is 0 Å². The standard InChI is InChI=1S/C20H14Cl2Si/c21-23(22)20-11-4-3-9-18(20)17-10-5-8-16-12-14-6-1-2-7-15(14)13-19(16)17/h1-13,23H. The fourth-order valence-electron chi connectivity index (χ4n) is 3.13. The molecule has 112 valence electrons. The Morgan fingerprint density at radius 3 is 1.96 bits per heavy atom. The largest absolute Gasteiger partial charge is 0.267 e. The van der Waals surface area contributed by atoms with E-state index in [9.17, 15) is 0 Å². The molecule has 3 heteroatoms. The zero-order chi connectivity index (χ0) is 15.8. The summed E-state index contributed by atoms with van der Waals surface area (Å²) in [5.74, 6) is 0. The van der Waals surface area contributed by atoms with E-state index in [1.54, 1.807) is 0 Å². The molecule has 0 aliphatic carbocycles. The quantitative estimate of drug-likeness (QED) is 0.251. The Morgan fingerprint density at radius 2 is 1.17 bits per heavy atom. The molecular weight excluding hydrogens is 339 g/mol. The maximum atomic E-state index is 6.31. The lowest BCUT2D eigenvalue weighted by Crippen LogP contribution is -2.20. The van der Waals surface area contributed by atoms with Gasteiger partial charge in [0.1, 0.15) is 0 Å². The SMILES string of the molecule is Cl[SiH](Cl)c1ccccc1-c1cccc2cc3ccccc3cc12. The van der Waals surface area contributed by atoms with E-state index in [2.05, 4.69) is 60.7 Å². The van der Waals surface area contributed by atoms with Gasteiger partial charge in [0, 0.05) is 0 Å². The summed E-state index contributed by atoms with van der Waals surface area (Å²) in [6, 6.07) is 27.6. The predicted octanol–water partition coefficient (Wildman–Crippen LogP) is 5.57. The fraction of sp³-hybridized carbons (Fsp3) is 0. The van der Waals surface area contributed by atoms with Crippen LogP contribution in [0.1, 0.15) is 0 Å². The summed E-state index contributed by atoms with van der Waals surface area (Å²) < 4.78 is 0. The van der Waals surface area contributed by atoms with Crippen LogP contribution in [0, 0.1) is 0 Å². The predicted molar refractivity (Wildman–Crippen MR) is 105 cm³/mol. The van der Waals surface area contributed by atoms with Gasteiger partial charge in [-0.25, -0.2) is 0 Å². The second-order valence-electron chi connectivity index (χ2n) is 5.61. The summed E-state index contributed by atoms with van der Waals surface area (Å²) in [5, 5.41) is 6.05. The van der Waals surface area contributed by atoms with Crippen LogP contribution in [0.25, 0.3) is 32.7 Å². The molecular formula is C20H14Cl2Si. The number of fused-ring (bicyclic) bond motifs is 2. The molecule has 0 radical (unpaired) electrons. The van der Waals surface area contributed by atoms with Crippen molar-refractivity contribution in [2.45, 2.75) is 0 Å². The molecule has 0 spiro atoms. The highest BCUT2D eigenvalue weighted by Crippen LogP contribution is 2.31. The lowest BCUT2D eigenvalue weighted by Gasteiger charge is -2.13. The summed E-state index contributed by atoms with van der Waals surface area (Å²) in [6.45, 7) is 0. The second kappa shape index (κ2) is 6.01. The third kappa shape index (κ3) is 2.65. The van der Waals surface area contributed by atoms with Gasteiger partial charge in [0.15, 0.2) is 0 Å². The van der Waals surface area contributed by atoms with Gasteiger partial charge in [-0.15, -0.1) is 22.2 Å². The van der Waals surface area contributed by atoms with Crippen molar-refractivity contribution in [3.8, 4) is 11.1 Å². The summed E-state index contributed by atoms with van der Waals surface area (Å²) in [4.78, 5) is 0. The van der Waals surface area contributed by atoms with E-state index in [1.165, 1.54) is 27.1 Å². The van der Waals surface area contributed by atoms with Gasteiger partial charge in [0.05, 0.1) is 0 Å². The van der Waals surface area contributed by atoms with Crippen molar-refractivity contribution in [1.82, 2.24) is 0 Å². The van der Waals surface area contributed by atoms with Crippen molar-refractivity contribution in [1.29, 1.82) is 0 Å². The molecule has 0 aromatic heterocycles. The minimum Gasteiger partial charge on any atom is -0.144 e. The minimum absolute atomic E-state index is 1.08. The van der Waals surface area contributed by atoms with E-state index in [4.69, 9.17) is 22.2 Å². The molecule has 23 heavy (non-hydrogen) atoms. The monoisotopic (exact) mass is 352 g/mol. The van der Waals surface area contributed by atoms with Crippen molar-refractivity contribution in [2.75, 3.05) is 0 Å². The molecule has 0 amide bonds. The third-order valence-corrected chi connectivity index (χ3v) is 6.62. The van der Waals surface area contributed by atoms with Gasteiger partial charge in [-0.1, -0.05) is 66.7 Å². The zero-order valence-corrected chi connectivity index (χ0v) is 15.0. The molecule has 4 aromatic rings. The first-order chi connectivity index (χ1) is 11.2. The highest BCUT2D eigenvalue weighted by atomic mass is 35.7. The number of rotatable bonds is 2. The molecule has 0 aliphatic heterocycles. The van der Waals surface area contributed by atoms with Gasteiger partial charge in [-0.05, 0) is 50.0 Å². The molecule has 0 fully saturated rings. The van der Waals surface area contributed by atoms with Crippen LogP contribution in [0.15, 0.2) is 78.9 Å². The molecule has 0 saturated heterocycles. The Labute approximate surface area is 146 Å². The van der Waals surface area contributed by atoms with Crippen molar-refractivity contribution >= 4 is 56.3 Å². The van der Waals surface area contributed by atoms with Gasteiger partial charge in [0.2, 0.25) is 0 Å². The van der Waals surface area contributed by atoms with Crippen LogP contribution in [-0.4, -0.2) is 7.42 Å². The molecule has 0 bridgehead atoms. The van der Waals surface area contributed by atoms with Crippen molar-refractivity contribution in [3.05, 3.63) is 78.9 Å². The van der Waals surface area contributed by atoms with Crippen molar-refractivity contribution in [2.24, 2.45) is 0 Å². The zero-order valence-electron chi connectivity index (χ0n) is 12.3. The van der Waals surface area contributed by atoms with Crippen LogP contribution >= 0.6 is 22.2 Å². The van der Waals surface area contributed by atoms with Gasteiger partial charge in [0.25, 0.3) is 7.42 Å². The van der Waals surface area contributed by atoms with Crippen LogP contribution in [0.4, 0.5) is 0 Å². The van der Waals surface area contributed by atoms with E-state index in [-0.39, 0.29) is 0 Å². The summed E-state index contributed by atoms with van der Waals surface area (Å²) in [5.41, 5.74) is 2.35. The molecule has 0 N–H and O–H groups in total. The minimum atomic E-state index is -1.92. The molecule has 0 saturated carbocycles. The summed E-state index contributed by atoms with van der Waals surface area (Å²) in [6.07, 6.45) is 0. The first-order valence-corrected chi connectivity index (χ1v) is 11.6. The second-order valence-corrected chi connectivity index (χ2v) is 10.1. The molecule has 0 nitrogen and oxygen atoms in total. The topological polar surface area (TPSA) is 0 Å². The number of halogens is 2. The highest BCUT2D eigenvalue weighted by molar-refractivity contribution is 7.39. The normalized spacial score (nSPS) is 11.4. The van der Waals surface area contributed by atoms with Crippen LogP contribution in [0.5, 0.6) is 0 Å². The van der Waals surface area contributed by atoms with Gasteiger partial charge < -0.3 is 0 Å². The van der Waals surface area contributed by atoms with Crippen LogP contribution in [-0.2, 0) is 0 Å². The molecule has 4 rings (SSSR count). The first kappa shape index (κ1) is 14.8. The lowest BCUT2D eigenvalue weighted by atomic mass is 9.95. The number of hydrogen-bond donors (Lipinski definition) is 0. The molecule has 0 unspecified atom stereocenters. The molecule has 0 aliphatic rings. The van der Waals surface area contributed by atoms with E-state index in [0.29, 0.717) is 0 Å². The Bertz CT molecular complexity index is 1010. The van der Waals surface area contributed by atoms with E-state index < -0.39 is 7.42 Å². The maximum absolute atomic E-state index is 6.31. The van der Waals surface area contributed by atoms with Crippen molar-refractivity contribution < 1.29 is 0 Å². The summed E-state index contributed by atoms with van der Waals surface area (Å²) in [7, 11) is -1.92. The lowest BCUT2D eigenvalue weighted by molar-refractivity contribution is 1.69.